The molecule has 0 saturated carbocycles. The second-order valence-corrected chi connectivity index (χ2v) is 7.54. The van der Waals surface area contributed by atoms with Gasteiger partial charge in [-0.05, 0) is 80.6 Å². The molecule has 2 aromatic carbocycles. The van der Waals surface area contributed by atoms with Gasteiger partial charge in [0.2, 0.25) is 5.91 Å². The molecule has 3 N–H and O–H groups in total. The normalized spacial score (nSPS) is 13.5. The number of alkyl halides is 3. The summed E-state index contributed by atoms with van der Waals surface area (Å²) in [5.74, 6) is -0.750. The fourth-order valence-electron chi connectivity index (χ4n) is 3.50. The molecule has 0 fully saturated rings. The Morgan fingerprint density at radius 1 is 0.933 bits per heavy atom. The van der Waals surface area contributed by atoms with Crippen LogP contribution in [0.15, 0.2) is 24.3 Å². The van der Waals surface area contributed by atoms with Crippen molar-refractivity contribution in [3.63, 3.8) is 0 Å². The zero-order valence-electron chi connectivity index (χ0n) is 17.7. The molecule has 0 radical (unpaired) electrons. The second kappa shape index (κ2) is 8.10. The van der Waals surface area contributed by atoms with Crippen LogP contribution in [0.5, 0.6) is 0 Å². The van der Waals surface area contributed by atoms with Crippen molar-refractivity contribution >= 4 is 23.2 Å². The van der Waals surface area contributed by atoms with E-state index in [4.69, 9.17) is 0 Å². The summed E-state index contributed by atoms with van der Waals surface area (Å²) in [6.45, 7) is 8.26. The number of amides is 2. The minimum Gasteiger partial charge on any atom is -0.376 e. The van der Waals surface area contributed by atoms with Crippen LogP contribution in [0.25, 0.3) is 0 Å². The lowest BCUT2D eigenvalue weighted by Gasteiger charge is -2.32. The highest BCUT2D eigenvalue weighted by molar-refractivity contribution is 6.06. The Kier molecular flexibility index (Phi) is 6.32. The summed E-state index contributed by atoms with van der Waals surface area (Å²) in [7, 11) is 0. The number of benzene rings is 2. The second-order valence-electron chi connectivity index (χ2n) is 7.54. The standard InChI is InChI=1S/C22H25F3N2O3/c1-11-13(3)19(14(4)12(2)18(11)21(6,30)22(23,24)25)27-20(29)16-8-7-9-17(10-16)26-15(5)28/h7-10,30H,1-6H3,(H,26,28)(H,27,29). The van der Waals surface area contributed by atoms with E-state index < -0.39 is 17.7 Å². The summed E-state index contributed by atoms with van der Waals surface area (Å²) < 4.78 is 40.4. The number of hydrogen-bond donors (Lipinski definition) is 3. The molecule has 0 bridgehead atoms. The van der Waals surface area contributed by atoms with Crippen LogP contribution < -0.4 is 10.6 Å². The zero-order chi connectivity index (χ0) is 23.0. The highest BCUT2D eigenvalue weighted by atomic mass is 19.4. The molecule has 2 rings (SSSR count). The maximum absolute atomic E-state index is 13.5. The molecule has 0 aliphatic rings. The van der Waals surface area contributed by atoms with Gasteiger partial charge in [0.05, 0.1) is 0 Å². The van der Waals surface area contributed by atoms with Gasteiger partial charge in [-0.15, -0.1) is 0 Å². The predicted octanol–water partition coefficient (Wildman–Crippen LogP) is 4.90. The van der Waals surface area contributed by atoms with Crippen molar-refractivity contribution in [2.75, 3.05) is 10.6 Å². The van der Waals surface area contributed by atoms with Crippen LogP contribution in [0.3, 0.4) is 0 Å². The lowest BCUT2D eigenvalue weighted by atomic mass is 9.82. The first kappa shape index (κ1) is 23.4. The molecular weight excluding hydrogens is 397 g/mol. The molecule has 1 unspecified atom stereocenters. The quantitative estimate of drug-likeness (QED) is 0.656. The van der Waals surface area contributed by atoms with E-state index >= 15 is 0 Å². The fraction of sp³-hybridized carbons (Fsp3) is 0.364. The van der Waals surface area contributed by atoms with Crippen molar-refractivity contribution < 1.29 is 27.9 Å². The summed E-state index contributed by atoms with van der Waals surface area (Å²) in [6, 6.07) is 6.31. The number of aliphatic hydroxyl groups is 1. The third-order valence-corrected chi connectivity index (χ3v) is 5.35. The molecule has 0 saturated heterocycles. The average Bonchev–Trinajstić information content (AvgIpc) is 2.62. The van der Waals surface area contributed by atoms with Gasteiger partial charge < -0.3 is 15.7 Å². The minimum absolute atomic E-state index is 0.212. The van der Waals surface area contributed by atoms with Crippen LogP contribution in [0, 0.1) is 27.7 Å². The van der Waals surface area contributed by atoms with Crippen LogP contribution in [-0.2, 0) is 10.4 Å². The molecule has 162 valence electrons. The van der Waals surface area contributed by atoms with Crippen LogP contribution in [0.1, 0.15) is 52.0 Å². The van der Waals surface area contributed by atoms with E-state index in [0.29, 0.717) is 22.5 Å². The van der Waals surface area contributed by atoms with Crippen molar-refractivity contribution in [2.45, 2.75) is 53.3 Å². The van der Waals surface area contributed by atoms with Gasteiger partial charge in [0.1, 0.15) is 0 Å². The minimum atomic E-state index is -4.85. The van der Waals surface area contributed by atoms with Gasteiger partial charge in [0.25, 0.3) is 5.91 Å². The first-order valence-corrected chi connectivity index (χ1v) is 9.27. The van der Waals surface area contributed by atoms with Gasteiger partial charge in [0.15, 0.2) is 5.60 Å². The Bertz CT molecular complexity index is 982. The summed E-state index contributed by atoms with van der Waals surface area (Å²) in [6.07, 6.45) is -4.85. The van der Waals surface area contributed by atoms with E-state index in [9.17, 15) is 27.9 Å². The lowest BCUT2D eigenvalue weighted by Crippen LogP contribution is -2.41. The molecule has 0 heterocycles. The van der Waals surface area contributed by atoms with Gasteiger partial charge in [0, 0.05) is 23.9 Å². The van der Waals surface area contributed by atoms with Crippen LogP contribution in [0.2, 0.25) is 0 Å². The third kappa shape index (κ3) is 4.33. The molecule has 5 nitrogen and oxygen atoms in total. The van der Waals surface area contributed by atoms with E-state index in [1.54, 1.807) is 32.0 Å². The van der Waals surface area contributed by atoms with Crippen LogP contribution in [0.4, 0.5) is 24.5 Å². The molecule has 2 aromatic rings. The van der Waals surface area contributed by atoms with E-state index in [0.717, 1.165) is 6.92 Å². The lowest BCUT2D eigenvalue weighted by molar-refractivity contribution is -0.259. The number of anilines is 2. The van der Waals surface area contributed by atoms with E-state index in [1.165, 1.54) is 26.8 Å². The third-order valence-electron chi connectivity index (χ3n) is 5.35. The number of hydrogen-bond acceptors (Lipinski definition) is 3. The highest BCUT2D eigenvalue weighted by Crippen LogP contribution is 2.44. The monoisotopic (exact) mass is 422 g/mol. The Balaban J connectivity index is 2.50. The highest BCUT2D eigenvalue weighted by Gasteiger charge is 2.52. The summed E-state index contributed by atoms with van der Waals surface area (Å²) >= 11 is 0. The number of halogens is 3. The van der Waals surface area contributed by atoms with Crippen molar-refractivity contribution in [2.24, 2.45) is 0 Å². The first-order chi connectivity index (χ1) is 13.7. The molecule has 0 aliphatic heterocycles. The van der Waals surface area contributed by atoms with Gasteiger partial charge in [-0.1, -0.05) is 6.07 Å². The smallest absolute Gasteiger partial charge is 0.376 e. The molecule has 8 heteroatoms. The van der Waals surface area contributed by atoms with E-state index in [2.05, 4.69) is 10.6 Å². The summed E-state index contributed by atoms with van der Waals surface area (Å²) in [5.41, 5.74) is -0.740. The zero-order valence-corrected chi connectivity index (χ0v) is 17.7. The van der Waals surface area contributed by atoms with Crippen molar-refractivity contribution in [3.8, 4) is 0 Å². The molecule has 0 aromatic heterocycles. The Morgan fingerprint density at radius 2 is 1.47 bits per heavy atom. The van der Waals surface area contributed by atoms with Gasteiger partial charge >= 0.3 is 6.18 Å². The van der Waals surface area contributed by atoms with Crippen LogP contribution >= 0.6 is 0 Å². The average molecular weight is 422 g/mol. The molecule has 0 aliphatic carbocycles. The number of carbonyl (C=O) groups is 2. The Morgan fingerprint density at radius 3 is 1.93 bits per heavy atom. The molecular formula is C22H25F3N2O3. The van der Waals surface area contributed by atoms with Gasteiger partial charge in [-0.3, -0.25) is 9.59 Å². The number of rotatable bonds is 4. The van der Waals surface area contributed by atoms with Crippen molar-refractivity contribution in [3.05, 3.63) is 57.6 Å². The fourth-order valence-corrected chi connectivity index (χ4v) is 3.50. The number of carbonyl (C=O) groups excluding carboxylic acids is 2. The Hall–Kier alpha value is -2.87. The first-order valence-electron chi connectivity index (χ1n) is 9.27. The SMILES string of the molecule is CC(=O)Nc1cccc(C(=O)Nc2c(C)c(C)c(C(C)(O)C(F)(F)F)c(C)c2C)c1. The summed E-state index contributed by atoms with van der Waals surface area (Å²) in [4.78, 5) is 24.0. The maximum atomic E-state index is 13.5. The molecule has 1 atom stereocenters. The van der Waals surface area contributed by atoms with Crippen molar-refractivity contribution in [1.29, 1.82) is 0 Å². The van der Waals surface area contributed by atoms with E-state index in [1.807, 2.05) is 0 Å². The van der Waals surface area contributed by atoms with Gasteiger partial charge in [-0.2, -0.15) is 13.2 Å². The Labute approximate surface area is 173 Å². The van der Waals surface area contributed by atoms with Gasteiger partial charge in [-0.25, -0.2) is 0 Å². The topological polar surface area (TPSA) is 78.4 Å². The molecule has 0 spiro atoms. The van der Waals surface area contributed by atoms with E-state index in [-0.39, 0.29) is 28.2 Å². The molecule has 2 amide bonds. The van der Waals surface area contributed by atoms with Crippen LogP contribution in [-0.4, -0.2) is 23.1 Å². The largest absolute Gasteiger partial charge is 0.421 e. The van der Waals surface area contributed by atoms with Crippen molar-refractivity contribution in [1.82, 2.24) is 0 Å². The molecule has 30 heavy (non-hydrogen) atoms. The maximum Gasteiger partial charge on any atom is 0.421 e. The predicted molar refractivity (Wildman–Crippen MR) is 110 cm³/mol. The summed E-state index contributed by atoms with van der Waals surface area (Å²) in [5, 5.41) is 15.6. The number of nitrogens with one attached hydrogen (secondary N) is 2.